The van der Waals surface area contributed by atoms with Crippen molar-refractivity contribution in [2.24, 2.45) is 0 Å². The van der Waals surface area contributed by atoms with E-state index in [2.05, 4.69) is 10.3 Å². The van der Waals surface area contributed by atoms with Crippen LogP contribution in [0, 0.1) is 10.1 Å². The summed E-state index contributed by atoms with van der Waals surface area (Å²) in [6.07, 6.45) is -4.89. The molecular formula is C22H17F3N4O5. The Kier molecular flexibility index (Phi) is 5.73. The highest BCUT2D eigenvalue weighted by Gasteiger charge is 2.38. The maximum atomic E-state index is 13.4. The second-order valence-electron chi connectivity index (χ2n) is 7.08. The van der Waals surface area contributed by atoms with Crippen LogP contribution < -0.4 is 14.2 Å². The zero-order valence-corrected chi connectivity index (χ0v) is 18.1. The van der Waals surface area contributed by atoms with Gasteiger partial charge in [0.05, 0.1) is 37.5 Å². The Bertz CT molecular complexity index is 1380. The molecule has 3 aromatic carbocycles. The molecule has 0 amide bonds. The number of aromatic nitrogens is 3. The molecular weight excluding hydrogens is 457 g/mol. The van der Waals surface area contributed by atoms with Gasteiger partial charge in [-0.2, -0.15) is 13.2 Å². The molecule has 34 heavy (non-hydrogen) atoms. The number of methoxy groups -OCH3 is 3. The van der Waals surface area contributed by atoms with Gasteiger partial charge in [-0.1, -0.05) is 11.3 Å². The fourth-order valence-electron chi connectivity index (χ4n) is 3.58. The molecule has 0 aliphatic heterocycles. The fraction of sp³-hybridized carbons (Fsp3) is 0.182. The van der Waals surface area contributed by atoms with Gasteiger partial charge in [-0.25, -0.2) is 4.68 Å². The summed E-state index contributed by atoms with van der Waals surface area (Å²) in [4.78, 5) is 10.0. The van der Waals surface area contributed by atoms with Crippen molar-refractivity contribution in [2.75, 3.05) is 21.3 Å². The van der Waals surface area contributed by atoms with Crippen LogP contribution in [0.4, 0.5) is 18.9 Å². The van der Waals surface area contributed by atoms with Gasteiger partial charge in [-0.15, -0.1) is 5.10 Å². The van der Waals surface area contributed by atoms with Gasteiger partial charge in [0.15, 0.2) is 11.5 Å². The first kappa shape index (κ1) is 22.8. The topological polar surface area (TPSA) is 102 Å². The molecule has 1 aromatic heterocycles. The number of halogens is 3. The number of nitrogens with zero attached hydrogens (tertiary/aromatic N) is 4. The average molecular weight is 474 g/mol. The normalized spacial score (nSPS) is 11.5. The lowest BCUT2D eigenvalue weighted by Gasteiger charge is -2.14. The highest BCUT2D eigenvalue weighted by molar-refractivity contribution is 5.83. The van der Waals surface area contributed by atoms with Crippen LogP contribution in [0.3, 0.4) is 0 Å². The van der Waals surface area contributed by atoms with Crippen molar-refractivity contribution in [2.45, 2.75) is 6.18 Å². The highest BCUT2D eigenvalue weighted by Crippen LogP contribution is 2.41. The summed E-state index contributed by atoms with van der Waals surface area (Å²) in [6.45, 7) is 0. The third-order valence-corrected chi connectivity index (χ3v) is 5.17. The fourth-order valence-corrected chi connectivity index (χ4v) is 3.58. The van der Waals surface area contributed by atoms with E-state index in [1.807, 2.05) is 0 Å². The molecule has 4 rings (SSSR count). The van der Waals surface area contributed by atoms with Gasteiger partial charge < -0.3 is 14.2 Å². The number of nitro benzene ring substituents is 1. The predicted octanol–water partition coefficient (Wildman–Crippen LogP) is 5.04. The van der Waals surface area contributed by atoms with E-state index >= 15 is 0 Å². The standard InChI is InChI=1S/C22H17F3N4O5/c1-32-19-10-14(11-20(33-2)21(19)34-3)28-18-9-13(4-6-16(18)26-27-28)12-5-7-17(29(30)31)15(8-12)22(23,24)25/h4-11H,1-3H3. The molecule has 0 fully saturated rings. The molecule has 176 valence electrons. The Hall–Kier alpha value is -4.35. The van der Waals surface area contributed by atoms with Crippen LogP contribution in [-0.4, -0.2) is 41.2 Å². The van der Waals surface area contributed by atoms with Crippen molar-refractivity contribution in [3.8, 4) is 34.1 Å². The Morgan fingerprint density at radius 1 is 0.912 bits per heavy atom. The van der Waals surface area contributed by atoms with E-state index in [1.165, 1.54) is 32.1 Å². The van der Waals surface area contributed by atoms with E-state index in [4.69, 9.17) is 14.2 Å². The number of rotatable bonds is 6. The molecule has 0 spiro atoms. The van der Waals surface area contributed by atoms with E-state index in [1.54, 1.807) is 30.3 Å². The minimum atomic E-state index is -4.89. The Balaban J connectivity index is 1.88. The largest absolute Gasteiger partial charge is 0.493 e. The summed E-state index contributed by atoms with van der Waals surface area (Å²) in [7, 11) is 4.40. The Morgan fingerprint density at radius 3 is 2.09 bits per heavy atom. The quantitative estimate of drug-likeness (QED) is 0.285. The maximum absolute atomic E-state index is 13.4. The van der Waals surface area contributed by atoms with Crippen LogP contribution >= 0.6 is 0 Å². The van der Waals surface area contributed by atoms with Crippen LogP contribution in [0.2, 0.25) is 0 Å². The Labute approximate surface area is 190 Å². The molecule has 0 N–H and O–H groups in total. The molecule has 1 heterocycles. The molecule has 9 nitrogen and oxygen atoms in total. The third kappa shape index (κ3) is 3.93. The van der Waals surface area contributed by atoms with Gasteiger partial charge in [0.2, 0.25) is 5.75 Å². The zero-order chi connectivity index (χ0) is 24.6. The van der Waals surface area contributed by atoms with E-state index in [0.29, 0.717) is 39.5 Å². The predicted molar refractivity (Wildman–Crippen MR) is 116 cm³/mol. The first-order valence-corrected chi connectivity index (χ1v) is 9.69. The van der Waals surface area contributed by atoms with Gasteiger partial charge in [0.1, 0.15) is 11.1 Å². The van der Waals surface area contributed by atoms with Gasteiger partial charge >= 0.3 is 6.18 Å². The first-order chi connectivity index (χ1) is 16.2. The second-order valence-corrected chi connectivity index (χ2v) is 7.08. The van der Waals surface area contributed by atoms with E-state index in [-0.39, 0.29) is 5.56 Å². The van der Waals surface area contributed by atoms with Gasteiger partial charge in [0, 0.05) is 18.2 Å². The molecule has 4 aromatic rings. The minimum absolute atomic E-state index is 0.150. The lowest BCUT2D eigenvalue weighted by atomic mass is 10.0. The van der Waals surface area contributed by atoms with E-state index < -0.39 is 22.4 Å². The molecule has 0 aliphatic carbocycles. The zero-order valence-electron chi connectivity index (χ0n) is 18.1. The van der Waals surface area contributed by atoms with Crippen LogP contribution in [-0.2, 0) is 6.18 Å². The van der Waals surface area contributed by atoms with Crippen LogP contribution in [0.1, 0.15) is 5.56 Å². The molecule has 0 aliphatic rings. The number of hydrogen-bond donors (Lipinski definition) is 0. The number of hydrogen-bond acceptors (Lipinski definition) is 7. The summed E-state index contributed by atoms with van der Waals surface area (Å²) >= 11 is 0. The van der Waals surface area contributed by atoms with Crippen molar-refractivity contribution in [1.82, 2.24) is 15.0 Å². The minimum Gasteiger partial charge on any atom is -0.493 e. The SMILES string of the molecule is COc1cc(-n2nnc3ccc(-c4ccc([N+](=O)[O-])c(C(F)(F)F)c4)cc32)cc(OC)c1OC. The molecule has 0 saturated carbocycles. The first-order valence-electron chi connectivity index (χ1n) is 9.69. The number of benzene rings is 3. The number of alkyl halides is 3. The van der Waals surface area contributed by atoms with E-state index in [0.717, 1.165) is 12.1 Å². The molecule has 12 heteroatoms. The van der Waals surface area contributed by atoms with E-state index in [9.17, 15) is 23.3 Å². The summed E-state index contributed by atoms with van der Waals surface area (Å²) in [5, 5.41) is 19.3. The monoisotopic (exact) mass is 474 g/mol. The molecule has 0 bridgehead atoms. The summed E-state index contributed by atoms with van der Waals surface area (Å²) < 4.78 is 57.8. The average Bonchev–Trinajstić information content (AvgIpc) is 3.25. The van der Waals surface area contributed by atoms with Crippen molar-refractivity contribution >= 4 is 16.7 Å². The van der Waals surface area contributed by atoms with Crippen LogP contribution in [0.5, 0.6) is 17.2 Å². The number of nitro groups is 1. The molecule has 0 radical (unpaired) electrons. The van der Waals surface area contributed by atoms with Crippen LogP contribution in [0.15, 0.2) is 48.5 Å². The molecule has 0 atom stereocenters. The lowest BCUT2D eigenvalue weighted by molar-refractivity contribution is -0.388. The second kappa shape index (κ2) is 8.54. The van der Waals surface area contributed by atoms with Gasteiger partial charge in [0.25, 0.3) is 5.69 Å². The lowest BCUT2D eigenvalue weighted by Crippen LogP contribution is -2.09. The third-order valence-electron chi connectivity index (χ3n) is 5.17. The van der Waals surface area contributed by atoms with Crippen molar-refractivity contribution in [1.29, 1.82) is 0 Å². The van der Waals surface area contributed by atoms with Crippen molar-refractivity contribution in [3.05, 3.63) is 64.2 Å². The Morgan fingerprint density at radius 2 is 1.53 bits per heavy atom. The number of fused-ring (bicyclic) bond motifs is 1. The van der Waals surface area contributed by atoms with Crippen LogP contribution in [0.25, 0.3) is 27.8 Å². The summed E-state index contributed by atoms with van der Waals surface area (Å²) in [5.74, 6) is 1.13. The van der Waals surface area contributed by atoms with Gasteiger partial charge in [-0.05, 0) is 35.4 Å². The van der Waals surface area contributed by atoms with Gasteiger partial charge in [-0.3, -0.25) is 10.1 Å². The van der Waals surface area contributed by atoms with Crippen molar-refractivity contribution in [3.63, 3.8) is 0 Å². The summed E-state index contributed by atoms with van der Waals surface area (Å²) in [5.41, 5.74) is -0.322. The highest BCUT2D eigenvalue weighted by atomic mass is 19.4. The molecule has 0 unspecified atom stereocenters. The number of ether oxygens (including phenoxy) is 3. The van der Waals surface area contributed by atoms with Crippen molar-refractivity contribution < 1.29 is 32.3 Å². The smallest absolute Gasteiger partial charge is 0.423 e. The summed E-state index contributed by atoms with van der Waals surface area (Å²) in [6, 6.07) is 10.9. The maximum Gasteiger partial charge on any atom is 0.423 e. The molecule has 0 saturated heterocycles.